The van der Waals surface area contributed by atoms with Gasteiger partial charge in [0.05, 0.1) is 25.7 Å². The molecule has 34 nitrogen and oxygen atoms in total. The number of guanidine groups is 1. The Morgan fingerprint density at radius 3 is 1.46 bits per heavy atom. The standard InChI is InChI=1S/C55H94N16O18/c1-27(2)23-34(54(88)89)65-45(79)33(24-40(75)76)64-46(80)35(25-72)67-47(81)36(26-73)66-44(78)32(14-9-19-60-55(58)59)63-48(82)37-15-10-20-69(37)51(85)29(5)61-43(77)31(13-7-8-18-56)62-49(83)38-16-11-21-70(38)52(86)39-17-12-22-71(39)53(87)42(28(3)4)68-50(84)41(57)30(6)74/h27-39,41-42,72-74H,7-26,56-57H2,1-6H3,(H,61,77)(H,62,83)(H,63,82)(H,64,80)(H,65,79)(H,66,78)(H,67,81)(H,68,84)(H,75,76)(H,88,89)(H4,58,59,60)/t29-,30+,31-,32-,33-,34-,35-,36-,37-,38-,39-,41-,42-/m0/s1. The average Bonchev–Trinajstić information content (AvgIpc) is 2.04. The van der Waals surface area contributed by atoms with Gasteiger partial charge in [-0.3, -0.25) is 62.5 Å². The van der Waals surface area contributed by atoms with Gasteiger partial charge in [-0.05, 0) is 109 Å². The minimum absolute atomic E-state index is 0.0315. The summed E-state index contributed by atoms with van der Waals surface area (Å²) in [7, 11) is 0. The molecule has 0 aromatic carbocycles. The van der Waals surface area contributed by atoms with Gasteiger partial charge in [0.15, 0.2) is 5.96 Å². The van der Waals surface area contributed by atoms with E-state index >= 15 is 0 Å². The summed E-state index contributed by atoms with van der Waals surface area (Å²) in [5, 5.41) is 68.4. The zero-order chi connectivity index (χ0) is 67.0. The monoisotopic (exact) mass is 1270 g/mol. The topological polar surface area (TPSA) is 545 Å². The summed E-state index contributed by atoms with van der Waals surface area (Å²) in [5.74, 6) is -13.5. The maximum absolute atomic E-state index is 14.3. The number of carboxylic acids is 2. The van der Waals surface area contributed by atoms with Crippen LogP contribution in [0.5, 0.6) is 0 Å². The number of carbonyl (C=O) groups is 13. The van der Waals surface area contributed by atoms with Crippen LogP contribution in [0.15, 0.2) is 4.99 Å². The minimum atomic E-state index is -1.93. The summed E-state index contributed by atoms with van der Waals surface area (Å²) in [5.41, 5.74) is 22.5. The van der Waals surface area contributed by atoms with Gasteiger partial charge in [0.25, 0.3) is 0 Å². The lowest BCUT2D eigenvalue weighted by atomic mass is 10.0. The smallest absolute Gasteiger partial charge is 0.326 e. The molecule has 502 valence electrons. The first-order valence-corrected chi connectivity index (χ1v) is 30.1. The number of nitrogens with one attached hydrogen (secondary N) is 8. The number of rotatable bonds is 36. The number of amides is 11. The highest BCUT2D eigenvalue weighted by molar-refractivity contribution is 6.00. The molecule has 3 saturated heterocycles. The van der Waals surface area contributed by atoms with Crippen LogP contribution in [0.4, 0.5) is 0 Å². The fourth-order valence-corrected chi connectivity index (χ4v) is 10.5. The van der Waals surface area contributed by atoms with Crippen molar-refractivity contribution in [3.05, 3.63) is 0 Å². The molecule has 3 aliphatic heterocycles. The van der Waals surface area contributed by atoms with E-state index < -0.39 is 181 Å². The molecule has 0 unspecified atom stereocenters. The van der Waals surface area contributed by atoms with Crippen LogP contribution >= 0.6 is 0 Å². The predicted octanol–water partition coefficient (Wildman–Crippen LogP) is -7.01. The van der Waals surface area contributed by atoms with E-state index in [0.29, 0.717) is 32.1 Å². The van der Waals surface area contributed by atoms with E-state index in [1.54, 1.807) is 27.7 Å². The number of hydrogen-bond donors (Lipinski definition) is 17. The van der Waals surface area contributed by atoms with Gasteiger partial charge in [-0.15, -0.1) is 0 Å². The number of aliphatic carboxylic acids is 2. The molecule has 0 aliphatic carbocycles. The van der Waals surface area contributed by atoms with Gasteiger partial charge in [0.1, 0.15) is 72.5 Å². The van der Waals surface area contributed by atoms with Gasteiger partial charge in [0.2, 0.25) is 65.0 Å². The molecule has 0 radical (unpaired) electrons. The lowest BCUT2D eigenvalue weighted by Gasteiger charge is -2.34. The van der Waals surface area contributed by atoms with Crippen molar-refractivity contribution in [2.75, 3.05) is 45.9 Å². The molecular weight excluding hydrogens is 1170 g/mol. The van der Waals surface area contributed by atoms with E-state index in [9.17, 15) is 87.9 Å². The molecule has 3 heterocycles. The Labute approximate surface area is 515 Å². The van der Waals surface area contributed by atoms with Crippen LogP contribution < -0.4 is 65.5 Å². The zero-order valence-electron chi connectivity index (χ0n) is 51.4. The molecule has 34 heteroatoms. The number of aliphatic hydroxyl groups is 3. The van der Waals surface area contributed by atoms with Crippen molar-refractivity contribution < 1.29 is 87.9 Å². The summed E-state index contributed by atoms with van der Waals surface area (Å²) in [4.78, 5) is 183. The molecule has 3 fully saturated rings. The van der Waals surface area contributed by atoms with Crippen LogP contribution in [0.25, 0.3) is 0 Å². The number of unbranched alkanes of at least 4 members (excludes halogenated alkanes) is 1. The summed E-state index contributed by atoms with van der Waals surface area (Å²) in [6, 6.07) is -16.8. The van der Waals surface area contributed by atoms with Gasteiger partial charge >= 0.3 is 11.9 Å². The van der Waals surface area contributed by atoms with Gasteiger partial charge in [-0.1, -0.05) is 27.7 Å². The summed E-state index contributed by atoms with van der Waals surface area (Å²) >= 11 is 0. The molecule has 0 bridgehead atoms. The molecule has 0 spiro atoms. The number of hydrogen-bond acceptors (Lipinski definition) is 19. The minimum Gasteiger partial charge on any atom is -0.481 e. The van der Waals surface area contributed by atoms with Gasteiger partial charge in [0, 0.05) is 26.2 Å². The highest BCUT2D eigenvalue weighted by Crippen LogP contribution is 2.27. The third kappa shape index (κ3) is 22.9. The number of nitrogens with two attached hydrogens (primary N) is 4. The summed E-state index contributed by atoms with van der Waals surface area (Å²) in [6.45, 7) is 7.81. The normalized spacial score (nSPS) is 19.8. The quantitative estimate of drug-likeness (QED) is 0.0157. The second-order valence-corrected chi connectivity index (χ2v) is 23.3. The van der Waals surface area contributed by atoms with Crippen LogP contribution in [0, 0.1) is 11.8 Å². The van der Waals surface area contributed by atoms with Crippen molar-refractivity contribution in [1.29, 1.82) is 0 Å². The maximum Gasteiger partial charge on any atom is 0.326 e. The van der Waals surface area contributed by atoms with Crippen LogP contribution in [0.2, 0.25) is 0 Å². The van der Waals surface area contributed by atoms with Crippen LogP contribution in [0.3, 0.4) is 0 Å². The summed E-state index contributed by atoms with van der Waals surface area (Å²) < 4.78 is 0. The zero-order valence-corrected chi connectivity index (χ0v) is 51.4. The first-order chi connectivity index (χ1) is 41.9. The van der Waals surface area contributed by atoms with Gasteiger partial charge in [-0.2, -0.15) is 0 Å². The van der Waals surface area contributed by atoms with Gasteiger partial charge < -0.3 is 106 Å². The third-order valence-electron chi connectivity index (χ3n) is 15.4. The fraction of sp³-hybridized carbons (Fsp3) is 0.745. The van der Waals surface area contributed by atoms with E-state index in [4.69, 9.17) is 22.9 Å². The molecule has 21 N–H and O–H groups in total. The van der Waals surface area contributed by atoms with Gasteiger partial charge in [-0.25, -0.2) is 4.79 Å². The Bertz CT molecular complexity index is 2540. The Hall–Kier alpha value is -7.82. The largest absolute Gasteiger partial charge is 0.481 e. The van der Waals surface area contributed by atoms with E-state index in [1.807, 2.05) is 0 Å². The van der Waals surface area contributed by atoms with E-state index in [-0.39, 0.29) is 89.5 Å². The van der Waals surface area contributed by atoms with Crippen molar-refractivity contribution in [2.24, 2.45) is 39.8 Å². The average molecular weight is 1270 g/mol. The second-order valence-electron chi connectivity index (χ2n) is 23.3. The number of nitrogens with zero attached hydrogens (tertiary/aromatic N) is 4. The SMILES string of the molecule is CC(C)C[C@H](NC(=O)[C@H](CC(=O)O)NC(=O)[C@H](CO)NC(=O)[C@H](CO)NC(=O)[C@H](CCCN=C(N)N)NC(=O)[C@@H]1CCCN1C(=O)[C@H](C)NC(=O)[C@H](CCCCN)NC(=O)[C@@H]1CCCN1C(=O)[C@@H]1CCCN1C(=O)[C@@H](NC(=O)[C@@H](N)[C@@H](C)O)C(C)C)C(=O)O. The van der Waals surface area contributed by atoms with Crippen molar-refractivity contribution >= 4 is 82.9 Å². The Morgan fingerprint density at radius 2 is 0.989 bits per heavy atom. The van der Waals surface area contributed by atoms with Crippen LogP contribution in [-0.2, 0) is 62.3 Å². The molecular formula is C55H94N16O18. The lowest BCUT2D eigenvalue weighted by molar-refractivity contribution is -0.148. The van der Waals surface area contributed by atoms with Crippen molar-refractivity contribution in [1.82, 2.24) is 57.2 Å². The fourth-order valence-electron chi connectivity index (χ4n) is 10.5. The maximum atomic E-state index is 14.3. The number of likely N-dealkylation sites (tertiary alicyclic amines) is 3. The lowest BCUT2D eigenvalue weighted by Crippen LogP contribution is -2.61. The van der Waals surface area contributed by atoms with Crippen molar-refractivity contribution in [2.45, 2.75) is 204 Å². The molecule has 0 aromatic heterocycles. The third-order valence-corrected chi connectivity index (χ3v) is 15.4. The Morgan fingerprint density at radius 1 is 0.539 bits per heavy atom. The van der Waals surface area contributed by atoms with Crippen molar-refractivity contribution in [3.63, 3.8) is 0 Å². The molecule has 13 atom stereocenters. The first-order valence-electron chi connectivity index (χ1n) is 30.1. The number of aliphatic hydroxyl groups excluding tert-OH is 3. The van der Waals surface area contributed by atoms with Crippen molar-refractivity contribution in [3.8, 4) is 0 Å². The molecule has 0 aromatic rings. The molecule has 3 aliphatic rings. The highest BCUT2D eigenvalue weighted by Gasteiger charge is 2.46. The van der Waals surface area contributed by atoms with E-state index in [1.165, 1.54) is 28.5 Å². The summed E-state index contributed by atoms with van der Waals surface area (Å²) in [6.07, 6.45) is 0.268. The van der Waals surface area contributed by atoms with Crippen LogP contribution in [0.1, 0.15) is 125 Å². The number of carbonyl (C=O) groups excluding carboxylic acids is 11. The van der Waals surface area contributed by atoms with Crippen LogP contribution in [-0.4, -0.2) is 248 Å². The molecule has 0 saturated carbocycles. The second kappa shape index (κ2) is 36.6. The Kier molecular flexibility index (Phi) is 31.0. The molecule has 89 heavy (non-hydrogen) atoms. The molecule has 3 rings (SSSR count). The predicted molar refractivity (Wildman–Crippen MR) is 316 cm³/mol. The number of carboxylic acid groups (broad SMARTS) is 2. The highest BCUT2D eigenvalue weighted by atomic mass is 16.4. The Balaban J connectivity index is 1.75. The molecule has 11 amide bonds. The first kappa shape index (κ1) is 75.4. The number of aliphatic imine (C=N–C) groups is 1. The van der Waals surface area contributed by atoms with E-state index in [0.717, 1.165) is 0 Å². The van der Waals surface area contributed by atoms with E-state index in [2.05, 4.69) is 47.5 Å².